The first kappa shape index (κ1) is 7.89. The third kappa shape index (κ3) is 0.850. The van der Waals surface area contributed by atoms with Gasteiger partial charge < -0.3 is 5.73 Å². The van der Waals surface area contributed by atoms with Crippen molar-refractivity contribution < 1.29 is 0 Å². The second kappa shape index (κ2) is 2.64. The van der Waals surface area contributed by atoms with E-state index in [1.165, 1.54) is 0 Å². The molecule has 0 aliphatic carbocycles. The van der Waals surface area contributed by atoms with E-state index >= 15 is 0 Å². The fourth-order valence-corrected chi connectivity index (χ4v) is 0.974. The van der Waals surface area contributed by atoms with E-state index in [4.69, 9.17) is 16.3 Å². The second-order valence-electron chi connectivity index (χ2n) is 2.33. The predicted octanol–water partition coefficient (Wildman–Crippen LogP) is -1.16. The lowest BCUT2D eigenvalue weighted by molar-refractivity contribution is 0.825. The summed E-state index contributed by atoms with van der Waals surface area (Å²) in [4.78, 5) is 3.70. The molecule has 14 heavy (non-hydrogen) atoms. The Morgan fingerprint density at radius 1 is 1.21 bits per heavy atom. The van der Waals surface area contributed by atoms with Crippen molar-refractivity contribution in [1.29, 1.82) is 10.5 Å². The van der Waals surface area contributed by atoms with Crippen LogP contribution < -0.4 is 5.73 Å². The first-order chi connectivity index (χ1) is 6.77. The number of anilines is 1. The number of nitrogens with zero attached hydrogens (tertiary/aromatic N) is 7. The molecule has 0 saturated heterocycles. The summed E-state index contributed by atoms with van der Waals surface area (Å²) in [7, 11) is 0. The van der Waals surface area contributed by atoms with Gasteiger partial charge in [0.2, 0.25) is 5.65 Å². The van der Waals surface area contributed by atoms with Crippen molar-refractivity contribution in [3.05, 3.63) is 11.4 Å². The number of nitrogens with two attached hydrogens (primary N) is 1. The zero-order valence-corrected chi connectivity index (χ0v) is 6.71. The van der Waals surface area contributed by atoms with Gasteiger partial charge in [0.05, 0.1) is 0 Å². The molecule has 0 aromatic carbocycles. The number of hydrogen-bond acceptors (Lipinski definition) is 7. The molecule has 8 heteroatoms. The molecule has 0 aliphatic rings. The number of tetrazole rings is 1. The summed E-state index contributed by atoms with van der Waals surface area (Å²) in [6.45, 7) is 0. The summed E-state index contributed by atoms with van der Waals surface area (Å²) < 4.78 is 1.10. The molecular formula is C6H2N8. The Labute approximate surface area is 77.2 Å². The fraction of sp³-hybridized carbons (Fsp3) is 0. The van der Waals surface area contributed by atoms with E-state index in [0.717, 1.165) is 4.52 Å². The van der Waals surface area contributed by atoms with Gasteiger partial charge in [0.15, 0.2) is 17.2 Å². The Morgan fingerprint density at radius 3 is 2.57 bits per heavy atom. The van der Waals surface area contributed by atoms with Gasteiger partial charge in [-0.15, -0.1) is 5.10 Å². The Morgan fingerprint density at radius 2 is 1.93 bits per heavy atom. The van der Waals surface area contributed by atoms with Crippen LogP contribution in [-0.2, 0) is 0 Å². The molecule has 66 valence electrons. The SMILES string of the molecule is N#Cc1nc(C#N)c2nnnn2c1N. The number of aromatic nitrogens is 5. The first-order valence-electron chi connectivity index (χ1n) is 3.45. The van der Waals surface area contributed by atoms with Crippen molar-refractivity contribution in [2.75, 3.05) is 5.73 Å². The van der Waals surface area contributed by atoms with E-state index in [1.54, 1.807) is 12.1 Å². The summed E-state index contributed by atoms with van der Waals surface area (Å²) in [5, 5.41) is 27.8. The van der Waals surface area contributed by atoms with Gasteiger partial charge >= 0.3 is 0 Å². The number of hydrogen-bond donors (Lipinski definition) is 1. The van der Waals surface area contributed by atoms with Crippen LogP contribution in [0.4, 0.5) is 5.82 Å². The molecule has 0 saturated carbocycles. The van der Waals surface area contributed by atoms with Crippen LogP contribution in [-0.4, -0.2) is 25.0 Å². The van der Waals surface area contributed by atoms with Gasteiger partial charge in [0, 0.05) is 0 Å². The highest BCUT2D eigenvalue weighted by atomic mass is 15.5. The lowest BCUT2D eigenvalue weighted by atomic mass is 10.4. The van der Waals surface area contributed by atoms with E-state index in [0.29, 0.717) is 0 Å². The standard InChI is InChI=1S/C6H2N8/c7-1-3-5(9)14-6(11-12-13-14)4(2-8)10-3/h9H2. The summed E-state index contributed by atoms with van der Waals surface area (Å²) in [5.74, 6) is 0.0199. The maximum absolute atomic E-state index is 8.69. The summed E-state index contributed by atoms with van der Waals surface area (Å²) in [6.07, 6.45) is 0. The summed E-state index contributed by atoms with van der Waals surface area (Å²) >= 11 is 0. The molecule has 0 atom stereocenters. The molecule has 0 bridgehead atoms. The van der Waals surface area contributed by atoms with Gasteiger partial charge in [-0.1, -0.05) is 0 Å². The van der Waals surface area contributed by atoms with Crippen molar-refractivity contribution in [2.24, 2.45) is 0 Å². The van der Waals surface area contributed by atoms with E-state index in [2.05, 4.69) is 20.5 Å². The Kier molecular flexibility index (Phi) is 1.49. The number of rotatable bonds is 0. The molecule has 0 amide bonds. The molecule has 2 aromatic heterocycles. The molecule has 8 nitrogen and oxygen atoms in total. The van der Waals surface area contributed by atoms with E-state index < -0.39 is 0 Å². The van der Waals surface area contributed by atoms with Gasteiger partial charge in [-0.2, -0.15) is 15.0 Å². The third-order valence-corrected chi connectivity index (χ3v) is 1.59. The van der Waals surface area contributed by atoms with Gasteiger partial charge in [-0.25, -0.2) is 4.98 Å². The van der Waals surface area contributed by atoms with Crippen LogP contribution in [0.2, 0.25) is 0 Å². The highest BCUT2D eigenvalue weighted by Gasteiger charge is 2.13. The van der Waals surface area contributed by atoms with E-state index in [9.17, 15) is 0 Å². The topological polar surface area (TPSA) is 130 Å². The van der Waals surface area contributed by atoms with Gasteiger partial charge in [-0.05, 0) is 10.4 Å². The molecule has 2 N–H and O–H groups in total. The molecule has 0 radical (unpaired) electrons. The highest BCUT2D eigenvalue weighted by Crippen LogP contribution is 2.11. The van der Waals surface area contributed by atoms with E-state index in [1.807, 2.05) is 0 Å². The lowest BCUT2D eigenvalue weighted by Gasteiger charge is -1.98. The van der Waals surface area contributed by atoms with Crippen molar-refractivity contribution in [1.82, 2.24) is 25.0 Å². The molecule has 0 spiro atoms. The van der Waals surface area contributed by atoms with Crippen molar-refractivity contribution >= 4 is 11.5 Å². The first-order valence-corrected chi connectivity index (χ1v) is 3.45. The number of nitrogen functional groups attached to an aromatic ring is 1. The minimum atomic E-state index is -0.0682. The van der Waals surface area contributed by atoms with Crippen LogP contribution in [0.25, 0.3) is 5.65 Å². The van der Waals surface area contributed by atoms with Crippen molar-refractivity contribution in [2.45, 2.75) is 0 Å². The predicted molar refractivity (Wildman–Crippen MR) is 42.4 cm³/mol. The fourth-order valence-electron chi connectivity index (χ4n) is 0.974. The molecule has 0 unspecified atom stereocenters. The van der Waals surface area contributed by atoms with Crippen LogP contribution in [0.5, 0.6) is 0 Å². The monoisotopic (exact) mass is 186 g/mol. The minimum absolute atomic E-state index is 0.0199. The van der Waals surface area contributed by atoms with Crippen LogP contribution in [0, 0.1) is 22.7 Å². The van der Waals surface area contributed by atoms with E-state index in [-0.39, 0.29) is 22.9 Å². The Bertz CT molecular complexity index is 582. The van der Waals surface area contributed by atoms with Crippen molar-refractivity contribution in [3.63, 3.8) is 0 Å². The molecule has 2 heterocycles. The smallest absolute Gasteiger partial charge is 0.218 e. The van der Waals surface area contributed by atoms with Crippen molar-refractivity contribution in [3.8, 4) is 12.1 Å². The zero-order valence-electron chi connectivity index (χ0n) is 6.71. The molecule has 2 rings (SSSR count). The van der Waals surface area contributed by atoms with Crippen LogP contribution in [0.1, 0.15) is 11.4 Å². The Hall–Kier alpha value is -2.74. The molecule has 0 aliphatic heterocycles. The number of nitriles is 2. The average Bonchev–Trinajstić information content (AvgIpc) is 2.68. The maximum atomic E-state index is 8.69. The zero-order chi connectivity index (χ0) is 10.1. The maximum Gasteiger partial charge on any atom is 0.218 e. The molecule has 2 aromatic rings. The van der Waals surface area contributed by atoms with Crippen LogP contribution in [0.15, 0.2) is 0 Å². The van der Waals surface area contributed by atoms with Crippen LogP contribution in [0.3, 0.4) is 0 Å². The van der Waals surface area contributed by atoms with Gasteiger partial charge in [-0.3, -0.25) is 0 Å². The third-order valence-electron chi connectivity index (χ3n) is 1.59. The largest absolute Gasteiger partial charge is 0.381 e. The van der Waals surface area contributed by atoms with Gasteiger partial charge in [0.1, 0.15) is 12.1 Å². The summed E-state index contributed by atoms with van der Waals surface area (Å²) in [5.41, 5.74) is 5.57. The average molecular weight is 186 g/mol. The molecular weight excluding hydrogens is 184 g/mol. The molecule has 0 fully saturated rings. The van der Waals surface area contributed by atoms with Gasteiger partial charge in [0.25, 0.3) is 0 Å². The number of fused-ring (bicyclic) bond motifs is 1. The van der Waals surface area contributed by atoms with Crippen LogP contribution >= 0.6 is 0 Å². The summed E-state index contributed by atoms with van der Waals surface area (Å²) in [6, 6.07) is 3.53. The minimum Gasteiger partial charge on any atom is -0.381 e. The quantitative estimate of drug-likeness (QED) is 0.549. The Balaban J connectivity index is 2.98. The lowest BCUT2D eigenvalue weighted by Crippen LogP contribution is -2.06. The normalized spacial score (nSPS) is 9.57. The highest BCUT2D eigenvalue weighted by molar-refractivity contribution is 5.58. The second-order valence-corrected chi connectivity index (χ2v) is 2.33.